The summed E-state index contributed by atoms with van der Waals surface area (Å²) in [5.41, 5.74) is 3.54. The van der Waals surface area contributed by atoms with E-state index in [9.17, 15) is 9.59 Å². The molecule has 1 heterocycles. The van der Waals surface area contributed by atoms with Gasteiger partial charge in [0.15, 0.2) is 0 Å². The van der Waals surface area contributed by atoms with Crippen molar-refractivity contribution in [1.29, 1.82) is 0 Å². The molecule has 136 valence electrons. The van der Waals surface area contributed by atoms with Gasteiger partial charge in [-0.25, -0.2) is 5.48 Å². The van der Waals surface area contributed by atoms with Gasteiger partial charge in [0, 0.05) is 17.7 Å². The van der Waals surface area contributed by atoms with E-state index in [0.717, 1.165) is 16.9 Å². The fraction of sp³-hybridized carbons (Fsp3) is 0.263. The number of hydroxylamine groups is 1. The van der Waals surface area contributed by atoms with Crippen LogP contribution in [0.1, 0.15) is 21.5 Å². The van der Waals surface area contributed by atoms with E-state index >= 15 is 0 Å². The standard InChI is InChI=1S/C19H20N2O5/c1-25-16-5-2-13(3-6-16)10-18(22)21-8-9-26-17-7-4-14(19(23)20-24)11-15(17)12-21/h2-7,11,24H,8-10,12H2,1H3,(H,20,23). The third-order valence-corrected chi connectivity index (χ3v) is 4.27. The lowest BCUT2D eigenvalue weighted by Crippen LogP contribution is -2.33. The second-order valence-electron chi connectivity index (χ2n) is 5.95. The first-order valence-electron chi connectivity index (χ1n) is 8.21. The summed E-state index contributed by atoms with van der Waals surface area (Å²) >= 11 is 0. The van der Waals surface area contributed by atoms with E-state index in [4.69, 9.17) is 14.7 Å². The number of methoxy groups -OCH3 is 1. The van der Waals surface area contributed by atoms with E-state index in [-0.39, 0.29) is 12.3 Å². The average molecular weight is 356 g/mol. The van der Waals surface area contributed by atoms with Crippen molar-refractivity contribution >= 4 is 11.8 Å². The summed E-state index contributed by atoms with van der Waals surface area (Å²) in [5, 5.41) is 8.79. The molecular formula is C19H20N2O5. The van der Waals surface area contributed by atoms with Crippen molar-refractivity contribution in [3.8, 4) is 11.5 Å². The first kappa shape index (κ1) is 17.8. The summed E-state index contributed by atoms with van der Waals surface area (Å²) in [6.45, 7) is 1.19. The highest BCUT2D eigenvalue weighted by atomic mass is 16.5. The van der Waals surface area contributed by atoms with Gasteiger partial charge in [-0.3, -0.25) is 14.8 Å². The molecule has 2 aromatic carbocycles. The normalized spacial score (nSPS) is 13.2. The highest BCUT2D eigenvalue weighted by Crippen LogP contribution is 2.25. The van der Waals surface area contributed by atoms with Gasteiger partial charge in [0.05, 0.1) is 20.1 Å². The molecule has 1 aliphatic rings. The number of carbonyl (C=O) groups excluding carboxylic acids is 2. The number of ether oxygens (including phenoxy) is 2. The van der Waals surface area contributed by atoms with Crippen LogP contribution in [0.2, 0.25) is 0 Å². The average Bonchev–Trinajstić information content (AvgIpc) is 2.89. The number of rotatable bonds is 4. The zero-order valence-corrected chi connectivity index (χ0v) is 14.4. The summed E-state index contributed by atoms with van der Waals surface area (Å²) in [5.74, 6) is 0.754. The number of nitrogens with one attached hydrogen (secondary N) is 1. The summed E-state index contributed by atoms with van der Waals surface area (Å²) in [6.07, 6.45) is 0.274. The number of fused-ring (bicyclic) bond motifs is 1. The van der Waals surface area contributed by atoms with Crippen molar-refractivity contribution in [1.82, 2.24) is 10.4 Å². The van der Waals surface area contributed by atoms with Gasteiger partial charge in [0.2, 0.25) is 5.91 Å². The molecule has 26 heavy (non-hydrogen) atoms. The minimum atomic E-state index is -0.604. The van der Waals surface area contributed by atoms with Gasteiger partial charge in [-0.2, -0.15) is 0 Å². The van der Waals surface area contributed by atoms with E-state index in [0.29, 0.717) is 31.0 Å². The van der Waals surface area contributed by atoms with Crippen LogP contribution >= 0.6 is 0 Å². The van der Waals surface area contributed by atoms with Gasteiger partial charge in [0.25, 0.3) is 5.91 Å². The maximum atomic E-state index is 12.7. The summed E-state index contributed by atoms with van der Waals surface area (Å²) in [6, 6.07) is 12.2. The molecule has 0 atom stereocenters. The smallest absolute Gasteiger partial charge is 0.274 e. The van der Waals surface area contributed by atoms with E-state index < -0.39 is 5.91 Å². The SMILES string of the molecule is COc1ccc(CC(=O)N2CCOc3ccc(C(=O)NO)cc3C2)cc1. The van der Waals surface area contributed by atoms with E-state index in [1.807, 2.05) is 24.3 Å². The Kier molecular flexibility index (Phi) is 5.38. The molecule has 0 radical (unpaired) electrons. The number of hydrogen-bond acceptors (Lipinski definition) is 5. The molecule has 0 aliphatic carbocycles. The largest absolute Gasteiger partial charge is 0.497 e. The second-order valence-corrected chi connectivity index (χ2v) is 5.95. The molecule has 3 rings (SSSR count). The van der Waals surface area contributed by atoms with Gasteiger partial charge < -0.3 is 14.4 Å². The molecule has 2 amide bonds. The first-order valence-corrected chi connectivity index (χ1v) is 8.21. The molecule has 0 aromatic heterocycles. The first-order chi connectivity index (χ1) is 12.6. The molecule has 1 aliphatic heterocycles. The fourth-order valence-corrected chi connectivity index (χ4v) is 2.84. The lowest BCUT2D eigenvalue weighted by atomic mass is 10.1. The predicted octanol–water partition coefficient (Wildman–Crippen LogP) is 1.78. The zero-order valence-electron chi connectivity index (χ0n) is 14.4. The second kappa shape index (κ2) is 7.88. The molecule has 0 unspecified atom stereocenters. The Morgan fingerprint density at radius 3 is 2.69 bits per heavy atom. The zero-order chi connectivity index (χ0) is 18.5. The van der Waals surface area contributed by atoms with E-state index in [2.05, 4.69) is 0 Å². The molecule has 0 saturated carbocycles. The van der Waals surface area contributed by atoms with Crippen LogP contribution in [-0.2, 0) is 17.8 Å². The van der Waals surface area contributed by atoms with Crippen molar-refractivity contribution in [2.45, 2.75) is 13.0 Å². The Bertz CT molecular complexity index is 804. The van der Waals surface area contributed by atoms with Crippen molar-refractivity contribution in [3.63, 3.8) is 0 Å². The van der Waals surface area contributed by atoms with E-state index in [1.54, 1.807) is 35.7 Å². The van der Waals surface area contributed by atoms with Crippen molar-refractivity contribution < 1.29 is 24.3 Å². The van der Waals surface area contributed by atoms with Crippen LogP contribution in [0.15, 0.2) is 42.5 Å². The number of hydrogen-bond donors (Lipinski definition) is 2. The van der Waals surface area contributed by atoms with Crippen LogP contribution < -0.4 is 15.0 Å². The Hall–Kier alpha value is -3.06. The number of carbonyl (C=O) groups is 2. The number of benzene rings is 2. The Morgan fingerprint density at radius 2 is 2.00 bits per heavy atom. The molecule has 0 fully saturated rings. The number of nitrogens with zero attached hydrogens (tertiary/aromatic N) is 1. The Labute approximate surface area is 151 Å². The molecule has 2 aromatic rings. The quantitative estimate of drug-likeness (QED) is 0.644. The lowest BCUT2D eigenvalue weighted by molar-refractivity contribution is -0.131. The van der Waals surface area contributed by atoms with Crippen LogP contribution in [0, 0.1) is 0 Å². The van der Waals surface area contributed by atoms with Gasteiger partial charge in [-0.05, 0) is 35.9 Å². The summed E-state index contributed by atoms with van der Waals surface area (Å²) in [4.78, 5) is 26.0. The molecule has 0 spiro atoms. The third-order valence-electron chi connectivity index (χ3n) is 4.27. The van der Waals surface area contributed by atoms with Crippen LogP contribution in [0.4, 0.5) is 0 Å². The van der Waals surface area contributed by atoms with Crippen LogP contribution in [0.25, 0.3) is 0 Å². The maximum Gasteiger partial charge on any atom is 0.274 e. The minimum Gasteiger partial charge on any atom is -0.497 e. The van der Waals surface area contributed by atoms with Crippen LogP contribution in [0.3, 0.4) is 0 Å². The van der Waals surface area contributed by atoms with Crippen molar-refractivity contribution in [3.05, 3.63) is 59.2 Å². The third kappa shape index (κ3) is 3.94. The Morgan fingerprint density at radius 1 is 1.23 bits per heavy atom. The highest BCUT2D eigenvalue weighted by Gasteiger charge is 2.21. The monoisotopic (exact) mass is 356 g/mol. The van der Waals surface area contributed by atoms with Gasteiger partial charge in [-0.1, -0.05) is 12.1 Å². The summed E-state index contributed by atoms with van der Waals surface area (Å²) in [7, 11) is 1.60. The fourth-order valence-electron chi connectivity index (χ4n) is 2.84. The maximum absolute atomic E-state index is 12.7. The van der Waals surface area contributed by atoms with Crippen LogP contribution in [0.5, 0.6) is 11.5 Å². The van der Waals surface area contributed by atoms with Crippen molar-refractivity contribution in [2.24, 2.45) is 0 Å². The molecular weight excluding hydrogens is 336 g/mol. The predicted molar refractivity (Wildman–Crippen MR) is 93.3 cm³/mol. The minimum absolute atomic E-state index is 0.0244. The number of amides is 2. The topological polar surface area (TPSA) is 88.1 Å². The lowest BCUT2D eigenvalue weighted by Gasteiger charge is -2.20. The van der Waals surface area contributed by atoms with Gasteiger partial charge in [-0.15, -0.1) is 0 Å². The Balaban J connectivity index is 1.74. The van der Waals surface area contributed by atoms with E-state index in [1.165, 1.54) is 0 Å². The molecule has 2 N–H and O–H groups in total. The molecule has 0 bridgehead atoms. The van der Waals surface area contributed by atoms with Gasteiger partial charge in [0.1, 0.15) is 18.1 Å². The molecule has 7 heteroatoms. The van der Waals surface area contributed by atoms with Crippen molar-refractivity contribution in [2.75, 3.05) is 20.3 Å². The van der Waals surface area contributed by atoms with Crippen LogP contribution in [-0.4, -0.2) is 42.2 Å². The summed E-state index contributed by atoms with van der Waals surface area (Å²) < 4.78 is 10.8. The highest BCUT2D eigenvalue weighted by molar-refractivity contribution is 5.93. The molecule has 0 saturated heterocycles. The molecule has 7 nitrogen and oxygen atoms in total. The van der Waals surface area contributed by atoms with Gasteiger partial charge >= 0.3 is 0 Å².